The summed E-state index contributed by atoms with van der Waals surface area (Å²) < 4.78 is 1.77. The molecule has 1 aliphatic heterocycles. The summed E-state index contributed by atoms with van der Waals surface area (Å²) in [5.41, 5.74) is 3.52. The van der Waals surface area contributed by atoms with Crippen LogP contribution >= 0.6 is 11.6 Å². The summed E-state index contributed by atoms with van der Waals surface area (Å²) in [5.74, 6) is 0.948. The lowest BCUT2D eigenvalue weighted by Gasteiger charge is -2.25. The number of aromatic nitrogens is 3. The third-order valence-corrected chi connectivity index (χ3v) is 5.63. The molecule has 0 bridgehead atoms. The van der Waals surface area contributed by atoms with E-state index in [1.165, 1.54) is 12.0 Å². The van der Waals surface area contributed by atoms with Crippen molar-refractivity contribution in [2.45, 2.75) is 38.8 Å². The van der Waals surface area contributed by atoms with Gasteiger partial charge in [0, 0.05) is 44.1 Å². The van der Waals surface area contributed by atoms with Gasteiger partial charge < -0.3 is 5.32 Å². The Morgan fingerprint density at radius 1 is 1.36 bits per heavy atom. The number of aryl methyl sites for hydroxylation is 1. The molecule has 0 aliphatic carbocycles. The van der Waals surface area contributed by atoms with E-state index in [2.05, 4.69) is 47.3 Å². The predicted octanol–water partition coefficient (Wildman–Crippen LogP) is 3.37. The molecule has 0 saturated carbocycles. The molecule has 25 heavy (non-hydrogen) atoms. The van der Waals surface area contributed by atoms with E-state index in [1.54, 1.807) is 4.68 Å². The number of likely N-dealkylation sites (tertiary alicyclic amines) is 1. The molecule has 1 N–H and O–H groups in total. The Morgan fingerprint density at radius 2 is 2.16 bits per heavy atom. The highest BCUT2D eigenvalue weighted by atomic mass is 35.5. The fourth-order valence-corrected chi connectivity index (χ4v) is 4.10. The number of hydrogen-bond donors (Lipinski definition) is 1. The molecule has 2 aromatic rings. The fourth-order valence-electron chi connectivity index (χ4n) is 3.89. The van der Waals surface area contributed by atoms with E-state index in [0.29, 0.717) is 17.9 Å². The van der Waals surface area contributed by atoms with Crippen molar-refractivity contribution in [3.8, 4) is 0 Å². The molecule has 1 aliphatic rings. The van der Waals surface area contributed by atoms with Crippen molar-refractivity contribution < 1.29 is 0 Å². The summed E-state index contributed by atoms with van der Waals surface area (Å²) in [6, 6.07) is 4.63. The monoisotopic (exact) mass is 361 g/mol. The van der Waals surface area contributed by atoms with Gasteiger partial charge in [-0.05, 0) is 43.5 Å². The van der Waals surface area contributed by atoms with Gasteiger partial charge in [0.15, 0.2) is 0 Å². The van der Waals surface area contributed by atoms with E-state index in [9.17, 15) is 0 Å². The van der Waals surface area contributed by atoms with Crippen LogP contribution < -0.4 is 5.32 Å². The first-order chi connectivity index (χ1) is 12.0. The zero-order valence-corrected chi connectivity index (χ0v) is 16.3. The molecular weight excluding hydrogens is 334 g/mol. The van der Waals surface area contributed by atoms with Crippen molar-refractivity contribution in [3.05, 3.63) is 46.5 Å². The van der Waals surface area contributed by atoms with Crippen molar-refractivity contribution in [1.29, 1.82) is 0 Å². The van der Waals surface area contributed by atoms with Gasteiger partial charge in [0.1, 0.15) is 5.15 Å². The summed E-state index contributed by atoms with van der Waals surface area (Å²) in [5, 5.41) is 8.93. The molecule has 5 nitrogen and oxygen atoms in total. The molecule has 1 fully saturated rings. The van der Waals surface area contributed by atoms with E-state index in [4.69, 9.17) is 11.6 Å². The molecule has 1 saturated heterocycles. The second-order valence-corrected chi connectivity index (χ2v) is 7.68. The van der Waals surface area contributed by atoms with Crippen LogP contribution in [0.4, 0.5) is 0 Å². The number of rotatable bonds is 6. The predicted molar refractivity (Wildman–Crippen MR) is 102 cm³/mol. The van der Waals surface area contributed by atoms with Gasteiger partial charge in [0.05, 0.1) is 5.69 Å². The van der Waals surface area contributed by atoms with Crippen LogP contribution in [0.3, 0.4) is 0 Å². The molecule has 6 heteroatoms. The van der Waals surface area contributed by atoms with Crippen molar-refractivity contribution in [2.75, 3.05) is 20.1 Å². The van der Waals surface area contributed by atoms with Crippen LogP contribution in [0.5, 0.6) is 0 Å². The maximum atomic E-state index is 6.45. The first kappa shape index (κ1) is 18.4. The van der Waals surface area contributed by atoms with Gasteiger partial charge >= 0.3 is 0 Å². The van der Waals surface area contributed by atoms with Gasteiger partial charge in [-0.15, -0.1) is 0 Å². The third kappa shape index (κ3) is 3.89. The molecule has 0 amide bonds. The molecular formula is C19H28ClN5. The number of halogens is 1. The smallest absolute Gasteiger partial charge is 0.131 e. The molecule has 0 radical (unpaired) electrons. The van der Waals surface area contributed by atoms with Gasteiger partial charge in [-0.1, -0.05) is 31.5 Å². The standard InChI is InChI=1S/C19H28ClN5/c1-13(2)17-16(19(20)25(4)23-17)12-22-11-15-7-9-24(3)18(15)14-6-5-8-21-10-14/h5-6,8,10,13,15,18,22H,7,9,11-12H2,1-4H3/t15-,18-/m0/s1. The third-order valence-electron chi connectivity index (χ3n) is 5.16. The quantitative estimate of drug-likeness (QED) is 0.856. The molecule has 3 rings (SSSR count). The normalized spacial score (nSPS) is 21.4. The van der Waals surface area contributed by atoms with Crippen LogP contribution in [-0.4, -0.2) is 39.8 Å². The first-order valence-corrected chi connectivity index (χ1v) is 9.39. The van der Waals surface area contributed by atoms with Gasteiger partial charge in [-0.3, -0.25) is 14.6 Å². The fraction of sp³-hybridized carbons (Fsp3) is 0.579. The number of nitrogens with one attached hydrogen (secondary N) is 1. The zero-order chi connectivity index (χ0) is 18.0. The largest absolute Gasteiger partial charge is 0.312 e. The van der Waals surface area contributed by atoms with Crippen LogP contribution in [0.2, 0.25) is 5.15 Å². The topological polar surface area (TPSA) is 46.0 Å². The maximum absolute atomic E-state index is 6.45. The Kier molecular flexibility index (Phi) is 5.77. The summed E-state index contributed by atoms with van der Waals surface area (Å²) in [6.07, 6.45) is 5.03. The lowest BCUT2D eigenvalue weighted by Crippen LogP contribution is -2.28. The van der Waals surface area contributed by atoms with Gasteiger partial charge in [-0.25, -0.2) is 0 Å². The average molecular weight is 362 g/mol. The molecule has 2 atom stereocenters. The van der Waals surface area contributed by atoms with Gasteiger partial charge in [0.2, 0.25) is 0 Å². The summed E-state index contributed by atoms with van der Waals surface area (Å²) in [7, 11) is 4.11. The molecule has 2 aromatic heterocycles. The van der Waals surface area contributed by atoms with Crippen LogP contribution in [0.25, 0.3) is 0 Å². The highest BCUT2D eigenvalue weighted by Gasteiger charge is 2.32. The van der Waals surface area contributed by atoms with Crippen molar-refractivity contribution in [1.82, 2.24) is 25.0 Å². The lowest BCUT2D eigenvalue weighted by molar-refractivity contribution is 0.271. The highest BCUT2D eigenvalue weighted by molar-refractivity contribution is 6.30. The second-order valence-electron chi connectivity index (χ2n) is 7.32. The maximum Gasteiger partial charge on any atom is 0.131 e. The van der Waals surface area contributed by atoms with Crippen LogP contribution in [0.1, 0.15) is 49.0 Å². The van der Waals surface area contributed by atoms with E-state index >= 15 is 0 Å². The van der Waals surface area contributed by atoms with Crippen LogP contribution in [0.15, 0.2) is 24.5 Å². The zero-order valence-electron chi connectivity index (χ0n) is 15.5. The molecule has 0 aromatic carbocycles. The molecule has 0 spiro atoms. The van der Waals surface area contributed by atoms with E-state index < -0.39 is 0 Å². The number of pyridine rings is 1. The Labute approximate surface area is 155 Å². The number of nitrogens with zero attached hydrogens (tertiary/aromatic N) is 4. The lowest BCUT2D eigenvalue weighted by atomic mass is 9.94. The summed E-state index contributed by atoms with van der Waals surface area (Å²) >= 11 is 6.45. The second kappa shape index (κ2) is 7.85. The Morgan fingerprint density at radius 3 is 2.84 bits per heavy atom. The van der Waals surface area contributed by atoms with Crippen molar-refractivity contribution >= 4 is 11.6 Å². The summed E-state index contributed by atoms with van der Waals surface area (Å²) in [6.45, 7) is 7.17. The van der Waals surface area contributed by atoms with E-state index in [0.717, 1.165) is 36.0 Å². The van der Waals surface area contributed by atoms with Gasteiger partial charge in [-0.2, -0.15) is 5.10 Å². The Bertz CT molecular complexity index is 697. The number of hydrogen-bond acceptors (Lipinski definition) is 4. The van der Waals surface area contributed by atoms with E-state index in [-0.39, 0.29) is 0 Å². The van der Waals surface area contributed by atoms with Crippen molar-refractivity contribution in [2.24, 2.45) is 13.0 Å². The van der Waals surface area contributed by atoms with Crippen LogP contribution in [0, 0.1) is 5.92 Å². The minimum Gasteiger partial charge on any atom is -0.312 e. The van der Waals surface area contributed by atoms with Crippen molar-refractivity contribution in [3.63, 3.8) is 0 Å². The first-order valence-electron chi connectivity index (χ1n) is 9.01. The Balaban J connectivity index is 1.66. The minimum atomic E-state index is 0.372. The molecule has 0 unspecified atom stereocenters. The van der Waals surface area contributed by atoms with E-state index in [1.807, 2.05) is 25.5 Å². The van der Waals surface area contributed by atoms with Gasteiger partial charge in [0.25, 0.3) is 0 Å². The molecule has 136 valence electrons. The minimum absolute atomic E-state index is 0.372. The Hall–Kier alpha value is -1.43. The van der Waals surface area contributed by atoms with Crippen LogP contribution in [-0.2, 0) is 13.6 Å². The molecule has 3 heterocycles. The summed E-state index contributed by atoms with van der Waals surface area (Å²) in [4.78, 5) is 6.73. The SMILES string of the molecule is CC(C)c1nn(C)c(Cl)c1CNC[C@@H]1CCN(C)[C@H]1c1cccnc1. The highest BCUT2D eigenvalue weighted by Crippen LogP contribution is 2.35. The average Bonchev–Trinajstić information content (AvgIpc) is 3.10.